The van der Waals surface area contributed by atoms with E-state index in [2.05, 4.69) is 15.9 Å². The van der Waals surface area contributed by atoms with Crippen molar-refractivity contribution in [2.45, 2.75) is 13.5 Å². The van der Waals surface area contributed by atoms with Gasteiger partial charge in [-0.15, -0.1) is 0 Å². The summed E-state index contributed by atoms with van der Waals surface area (Å²) in [6.07, 6.45) is 0. The number of halogens is 1. The molecule has 1 heterocycles. The summed E-state index contributed by atoms with van der Waals surface area (Å²) < 4.78 is 22.3. The smallest absolute Gasteiger partial charge is 0.342 e. The zero-order valence-corrected chi connectivity index (χ0v) is 17.4. The average Bonchev–Trinajstić information content (AvgIpc) is 3.01. The molecule has 3 aromatic rings. The number of aryl methyl sites for hydroxylation is 1. The van der Waals surface area contributed by atoms with Gasteiger partial charge in [-0.05, 0) is 52.7 Å². The molecule has 1 aromatic heterocycles. The number of fused-ring (bicyclic) bond motifs is 1. The number of ether oxygens (including phenoxy) is 3. The Morgan fingerprint density at radius 1 is 1.28 bits per heavy atom. The molecule has 0 saturated heterocycles. The molecule has 0 aliphatic heterocycles. The summed E-state index contributed by atoms with van der Waals surface area (Å²) in [5.74, 6) is 0.424. The van der Waals surface area contributed by atoms with Crippen LogP contribution in [0.1, 0.15) is 21.7 Å². The third kappa shape index (κ3) is 4.88. The summed E-state index contributed by atoms with van der Waals surface area (Å²) in [6.45, 7) is 2.28. The summed E-state index contributed by atoms with van der Waals surface area (Å²) in [5.41, 5.74) is 1.64. The highest BCUT2D eigenvalue weighted by atomic mass is 79.9. The Hall–Kier alpha value is -2.59. The maximum Gasteiger partial charge on any atom is 0.342 e. The van der Waals surface area contributed by atoms with Crippen LogP contribution in [0.3, 0.4) is 0 Å². The topological polar surface area (TPSA) is 104 Å². The number of benzene rings is 2. The number of hydrogen-bond donors (Lipinski definition) is 1. The molecule has 3 rings (SSSR count). The van der Waals surface area contributed by atoms with Gasteiger partial charge in [-0.2, -0.15) is 0 Å². The van der Waals surface area contributed by atoms with Gasteiger partial charge < -0.3 is 29.1 Å². The quantitative estimate of drug-likeness (QED) is 0.293. The summed E-state index contributed by atoms with van der Waals surface area (Å²) in [4.78, 5) is 12.4. The molecular formula is C20H19BrNO7-. The van der Waals surface area contributed by atoms with E-state index in [4.69, 9.17) is 23.8 Å². The van der Waals surface area contributed by atoms with Crippen molar-refractivity contribution in [1.29, 1.82) is 0 Å². The van der Waals surface area contributed by atoms with E-state index in [0.717, 1.165) is 0 Å². The fourth-order valence-corrected chi connectivity index (χ4v) is 3.24. The van der Waals surface area contributed by atoms with Crippen molar-refractivity contribution in [2.75, 3.05) is 25.6 Å². The van der Waals surface area contributed by atoms with Crippen molar-refractivity contribution in [3.05, 3.63) is 63.0 Å². The molecule has 0 atom stereocenters. The number of hydrogen-bond acceptors (Lipinski definition) is 8. The summed E-state index contributed by atoms with van der Waals surface area (Å²) >= 11 is 3.43. The monoisotopic (exact) mass is 464 g/mol. The zero-order valence-electron chi connectivity index (χ0n) is 15.8. The lowest BCUT2D eigenvalue weighted by molar-refractivity contribution is 0.0388. The molecule has 0 fully saturated rings. The lowest BCUT2D eigenvalue weighted by Crippen LogP contribution is -2.10. The molecule has 0 spiro atoms. The van der Waals surface area contributed by atoms with Gasteiger partial charge in [0.2, 0.25) is 0 Å². The predicted molar refractivity (Wildman–Crippen MR) is 109 cm³/mol. The first-order chi connectivity index (χ1) is 13.9. The zero-order chi connectivity index (χ0) is 21.0. The molecule has 0 saturated carbocycles. The van der Waals surface area contributed by atoms with Gasteiger partial charge in [-0.25, -0.2) is 4.79 Å². The maximum absolute atomic E-state index is 12.4. The van der Waals surface area contributed by atoms with Crippen molar-refractivity contribution in [3.63, 3.8) is 0 Å². The van der Waals surface area contributed by atoms with Crippen molar-refractivity contribution in [1.82, 2.24) is 0 Å². The number of esters is 1. The molecule has 0 aliphatic rings. The number of nitrogens with zero attached hydrogens (tertiary/aromatic N) is 1. The van der Waals surface area contributed by atoms with E-state index < -0.39 is 5.97 Å². The molecule has 1 N–H and O–H groups in total. The van der Waals surface area contributed by atoms with Gasteiger partial charge in [0.05, 0.1) is 16.8 Å². The molecule has 8 nitrogen and oxygen atoms in total. The van der Waals surface area contributed by atoms with Crippen molar-refractivity contribution < 1.29 is 28.6 Å². The fraction of sp³-hybridized carbons (Fsp3) is 0.250. The number of furan rings is 1. The second-order valence-corrected chi connectivity index (χ2v) is 7.03. The van der Waals surface area contributed by atoms with Crippen molar-refractivity contribution in [2.24, 2.45) is 0 Å². The molecule has 9 heteroatoms. The minimum atomic E-state index is -0.502. The van der Waals surface area contributed by atoms with Gasteiger partial charge in [0.25, 0.3) is 0 Å². The Morgan fingerprint density at radius 3 is 2.79 bits per heavy atom. The highest BCUT2D eigenvalue weighted by Crippen LogP contribution is 2.35. The van der Waals surface area contributed by atoms with E-state index in [1.54, 1.807) is 31.2 Å². The van der Waals surface area contributed by atoms with Crippen LogP contribution >= 0.6 is 15.9 Å². The first kappa shape index (κ1) is 21.1. The van der Waals surface area contributed by atoms with Crippen LogP contribution in [0.15, 0.2) is 45.3 Å². The van der Waals surface area contributed by atoms with E-state index in [0.29, 0.717) is 44.7 Å². The minimum Gasteiger partial charge on any atom is -0.733 e. The maximum atomic E-state index is 12.4. The van der Waals surface area contributed by atoms with Crippen LogP contribution in [-0.2, 0) is 16.1 Å². The highest BCUT2D eigenvalue weighted by molar-refractivity contribution is 9.10. The highest BCUT2D eigenvalue weighted by Gasteiger charge is 2.21. The van der Waals surface area contributed by atoms with Gasteiger partial charge in [0.1, 0.15) is 35.9 Å². The molecule has 0 radical (unpaired) electrons. The molecule has 29 heavy (non-hydrogen) atoms. The van der Waals surface area contributed by atoms with Crippen molar-refractivity contribution in [3.8, 4) is 5.75 Å². The molecule has 2 aromatic carbocycles. The average molecular weight is 465 g/mol. The van der Waals surface area contributed by atoms with Crippen LogP contribution in [0.2, 0.25) is 0 Å². The molecule has 0 aliphatic carbocycles. The van der Waals surface area contributed by atoms with E-state index in [1.807, 2.05) is 0 Å². The standard InChI is InChI=1S/C20H19BrNO7/c1-12-19(20(23)27-7-6-26-2)15-9-18(16(21)10-17(15)29-12)28-11-13-4-3-5-14(8-13)22(24)25/h3-5,8-10,24H,6-7,11H2,1-2H3/q-1. The van der Waals surface area contributed by atoms with E-state index in [9.17, 15) is 10.0 Å². The van der Waals surface area contributed by atoms with Gasteiger partial charge in [-0.3, -0.25) is 5.21 Å². The fourth-order valence-electron chi connectivity index (χ4n) is 2.80. The predicted octanol–water partition coefficient (Wildman–Crippen LogP) is 4.58. The van der Waals surface area contributed by atoms with Crippen LogP contribution in [0.5, 0.6) is 5.75 Å². The van der Waals surface area contributed by atoms with Crippen molar-refractivity contribution >= 4 is 38.6 Å². The third-order valence-corrected chi connectivity index (χ3v) is 4.79. The third-order valence-electron chi connectivity index (χ3n) is 4.17. The van der Waals surface area contributed by atoms with Gasteiger partial charge in [0, 0.05) is 12.5 Å². The lowest BCUT2D eigenvalue weighted by atomic mass is 10.1. The van der Waals surface area contributed by atoms with Crippen LogP contribution in [-0.4, -0.2) is 31.5 Å². The normalized spacial score (nSPS) is 10.9. The Bertz CT molecular complexity index is 1020. The second kappa shape index (κ2) is 9.27. The van der Waals surface area contributed by atoms with E-state index in [-0.39, 0.29) is 24.1 Å². The Labute approximate surface area is 175 Å². The Morgan fingerprint density at radius 2 is 2.07 bits per heavy atom. The van der Waals surface area contributed by atoms with E-state index >= 15 is 0 Å². The van der Waals surface area contributed by atoms with E-state index in [1.165, 1.54) is 19.2 Å². The SMILES string of the molecule is COCCOC(=O)c1c(C)oc2cc(Br)c(OCc3cccc(N([O-])O)c3)cc12. The molecular weight excluding hydrogens is 446 g/mol. The first-order valence-electron chi connectivity index (χ1n) is 8.67. The summed E-state index contributed by atoms with van der Waals surface area (Å²) in [7, 11) is 1.53. The van der Waals surface area contributed by atoms with Crippen LogP contribution in [0, 0.1) is 12.1 Å². The first-order valence-corrected chi connectivity index (χ1v) is 9.46. The Balaban J connectivity index is 1.85. The lowest BCUT2D eigenvalue weighted by Gasteiger charge is -2.22. The number of anilines is 1. The molecule has 0 amide bonds. The molecule has 0 bridgehead atoms. The molecule has 0 unspecified atom stereocenters. The summed E-state index contributed by atoms with van der Waals surface area (Å²) in [6, 6.07) is 9.81. The Kier molecular flexibility index (Phi) is 6.75. The number of methoxy groups -OCH3 is 1. The number of carbonyl (C=O) groups excluding carboxylic acids is 1. The summed E-state index contributed by atoms with van der Waals surface area (Å²) in [5, 5.41) is 20.4. The number of rotatable bonds is 8. The number of carbonyl (C=O) groups is 1. The van der Waals surface area contributed by atoms with Gasteiger partial charge >= 0.3 is 5.97 Å². The van der Waals surface area contributed by atoms with Crippen LogP contribution < -0.4 is 9.96 Å². The van der Waals surface area contributed by atoms with Crippen LogP contribution in [0.25, 0.3) is 11.0 Å². The largest absolute Gasteiger partial charge is 0.733 e. The van der Waals surface area contributed by atoms with Gasteiger partial charge in [-0.1, -0.05) is 12.1 Å². The van der Waals surface area contributed by atoms with Gasteiger partial charge in [0.15, 0.2) is 0 Å². The van der Waals surface area contributed by atoms with Crippen LogP contribution in [0.4, 0.5) is 5.69 Å². The minimum absolute atomic E-state index is 0.104. The molecule has 154 valence electrons. The second-order valence-electron chi connectivity index (χ2n) is 6.17.